The lowest BCUT2D eigenvalue weighted by Gasteiger charge is -2.31. The fraction of sp³-hybridized carbons (Fsp3) is 0.323. The van der Waals surface area contributed by atoms with Gasteiger partial charge in [-0.2, -0.15) is 13.2 Å². The van der Waals surface area contributed by atoms with Gasteiger partial charge >= 0.3 is 11.5 Å². The van der Waals surface area contributed by atoms with E-state index in [1.807, 2.05) is 0 Å². The van der Waals surface area contributed by atoms with Gasteiger partial charge in [-0.25, -0.2) is 17.6 Å². The second-order valence-electron chi connectivity index (χ2n) is 11.2. The minimum atomic E-state index is -5.63. The maximum atomic E-state index is 15.1. The van der Waals surface area contributed by atoms with Crippen LogP contribution in [0.1, 0.15) is 45.5 Å². The number of aromatic carboxylic acids is 1. The normalized spacial score (nSPS) is 20.9. The first kappa shape index (κ1) is 31.9. The van der Waals surface area contributed by atoms with Crippen molar-refractivity contribution in [3.8, 4) is 16.9 Å². The van der Waals surface area contributed by atoms with Crippen molar-refractivity contribution < 1.29 is 50.2 Å². The molecule has 0 spiro atoms. The number of rotatable bonds is 8. The van der Waals surface area contributed by atoms with Crippen molar-refractivity contribution in [2.75, 3.05) is 12.4 Å². The lowest BCUT2D eigenvalue weighted by atomic mass is 9.83. The molecule has 2 fully saturated rings. The molecule has 45 heavy (non-hydrogen) atoms. The average molecular weight is 649 g/mol. The maximum Gasteiger partial charge on any atom is 0.501 e. The Morgan fingerprint density at radius 2 is 1.69 bits per heavy atom. The summed E-state index contributed by atoms with van der Waals surface area (Å²) >= 11 is 0. The number of aryl methyl sites for hydroxylation is 1. The molecule has 4 atom stereocenters. The highest BCUT2D eigenvalue weighted by molar-refractivity contribution is 7.92. The number of carboxylic acid groups (broad SMARTS) is 1. The molecule has 0 heterocycles. The molecule has 5 rings (SSSR count). The van der Waals surface area contributed by atoms with Crippen LogP contribution in [0.25, 0.3) is 11.1 Å². The number of carbonyl (C=O) groups excluding carboxylic acids is 2. The standard InChI is InChI=1S/C31H28F4N2O7S/c1-15-10-16(8-9-21(15)30(40)41)22-13-23(25(44-2)14-24(22)32)28(38)37-27-18-7-6-17(11-18)26(27)29(39)36-19-4-3-5-20(12-19)45(42,43)31(33,34)35/h3-5,8-10,12-14,17-18,26-27H,6-7,11H2,1-2H3,(H,36,39)(H,37,38)(H,40,41). The highest BCUT2D eigenvalue weighted by Gasteiger charge is 2.52. The summed E-state index contributed by atoms with van der Waals surface area (Å²) in [5, 5.41) is 14.7. The van der Waals surface area contributed by atoms with E-state index in [-0.39, 0.29) is 40.0 Å². The second-order valence-corrected chi connectivity index (χ2v) is 13.1. The number of hydrogen-bond donors (Lipinski definition) is 3. The number of amides is 2. The Labute approximate surface area is 255 Å². The van der Waals surface area contributed by atoms with Gasteiger partial charge in [0.05, 0.1) is 29.1 Å². The van der Waals surface area contributed by atoms with E-state index in [0.29, 0.717) is 24.0 Å². The van der Waals surface area contributed by atoms with Crippen LogP contribution in [0.4, 0.5) is 23.2 Å². The van der Waals surface area contributed by atoms with Gasteiger partial charge in [0.2, 0.25) is 5.91 Å². The van der Waals surface area contributed by atoms with Crippen molar-refractivity contribution >= 4 is 33.3 Å². The minimum absolute atomic E-state index is 0.0249. The van der Waals surface area contributed by atoms with E-state index in [4.69, 9.17) is 4.74 Å². The highest BCUT2D eigenvalue weighted by Crippen LogP contribution is 2.49. The fourth-order valence-electron chi connectivity index (χ4n) is 6.40. The van der Waals surface area contributed by atoms with Gasteiger partial charge in [-0.3, -0.25) is 9.59 Å². The molecular formula is C31H28F4N2O7S. The zero-order chi connectivity index (χ0) is 32.8. The minimum Gasteiger partial charge on any atom is -0.496 e. The van der Waals surface area contributed by atoms with E-state index in [1.165, 1.54) is 37.4 Å². The predicted octanol–water partition coefficient (Wildman–Crippen LogP) is 5.58. The topological polar surface area (TPSA) is 139 Å². The smallest absolute Gasteiger partial charge is 0.496 e. The largest absolute Gasteiger partial charge is 0.501 e. The molecule has 0 aromatic heterocycles. The van der Waals surface area contributed by atoms with Crippen LogP contribution >= 0.6 is 0 Å². The van der Waals surface area contributed by atoms with Gasteiger partial charge < -0.3 is 20.5 Å². The van der Waals surface area contributed by atoms with E-state index in [0.717, 1.165) is 30.7 Å². The number of hydrogen-bond acceptors (Lipinski definition) is 6. The molecule has 9 nitrogen and oxygen atoms in total. The van der Waals surface area contributed by atoms with Crippen LogP contribution in [-0.4, -0.2) is 50.0 Å². The Morgan fingerprint density at radius 3 is 2.33 bits per heavy atom. The number of nitrogens with one attached hydrogen (secondary N) is 2. The van der Waals surface area contributed by atoms with Gasteiger partial charge in [0.1, 0.15) is 11.6 Å². The van der Waals surface area contributed by atoms with Gasteiger partial charge in [0.15, 0.2) is 0 Å². The van der Waals surface area contributed by atoms with Crippen LogP contribution in [0.15, 0.2) is 59.5 Å². The summed E-state index contributed by atoms with van der Waals surface area (Å²) < 4.78 is 83.3. The van der Waals surface area contributed by atoms with Crippen LogP contribution in [0.5, 0.6) is 5.75 Å². The zero-order valence-corrected chi connectivity index (χ0v) is 24.8. The van der Waals surface area contributed by atoms with Crippen molar-refractivity contribution in [2.45, 2.75) is 42.6 Å². The summed E-state index contributed by atoms with van der Waals surface area (Å²) in [5.41, 5.74) is -4.90. The number of sulfone groups is 1. The van der Waals surface area contributed by atoms with E-state index >= 15 is 4.39 Å². The molecule has 3 aromatic rings. The van der Waals surface area contributed by atoms with E-state index in [9.17, 15) is 41.1 Å². The average Bonchev–Trinajstić information content (AvgIpc) is 3.58. The quantitative estimate of drug-likeness (QED) is 0.271. The van der Waals surface area contributed by atoms with Gasteiger partial charge in [-0.05, 0) is 79.5 Å². The summed E-state index contributed by atoms with van der Waals surface area (Å²) in [7, 11) is -4.37. The maximum absolute atomic E-state index is 15.1. The molecule has 2 aliphatic rings. The van der Waals surface area contributed by atoms with Gasteiger partial charge in [-0.1, -0.05) is 18.2 Å². The molecule has 0 saturated heterocycles. The Hall–Kier alpha value is -4.46. The summed E-state index contributed by atoms with van der Waals surface area (Å²) in [6.45, 7) is 1.56. The first-order chi connectivity index (χ1) is 21.1. The van der Waals surface area contributed by atoms with Crippen LogP contribution < -0.4 is 15.4 Å². The Morgan fingerprint density at radius 1 is 0.978 bits per heavy atom. The lowest BCUT2D eigenvalue weighted by Crippen LogP contribution is -2.48. The lowest BCUT2D eigenvalue weighted by molar-refractivity contribution is -0.122. The van der Waals surface area contributed by atoms with E-state index < -0.39 is 55.8 Å². The molecule has 2 bridgehead atoms. The van der Waals surface area contributed by atoms with Crippen LogP contribution in [0.3, 0.4) is 0 Å². The molecule has 2 aliphatic carbocycles. The van der Waals surface area contributed by atoms with Gasteiger partial charge in [0, 0.05) is 23.4 Å². The number of fused-ring (bicyclic) bond motifs is 2. The first-order valence-corrected chi connectivity index (χ1v) is 15.4. The van der Waals surface area contributed by atoms with Crippen LogP contribution in [0, 0.1) is 30.5 Å². The SMILES string of the molecule is COc1cc(F)c(-c2ccc(C(=O)O)c(C)c2)cc1C(=O)NC1C2CCC(C2)C1C(=O)Nc1cccc(S(=O)(=O)C(F)(F)F)c1. The number of anilines is 1. The zero-order valence-electron chi connectivity index (χ0n) is 23.9. The van der Waals surface area contributed by atoms with Crippen molar-refractivity contribution in [1.82, 2.24) is 5.32 Å². The fourth-order valence-corrected chi connectivity index (χ4v) is 7.21. The molecule has 2 amide bonds. The molecule has 4 unspecified atom stereocenters. The van der Waals surface area contributed by atoms with Crippen molar-refractivity contribution in [2.24, 2.45) is 17.8 Å². The molecule has 14 heteroatoms. The number of benzene rings is 3. The van der Waals surface area contributed by atoms with E-state index in [1.54, 1.807) is 6.92 Å². The Balaban J connectivity index is 1.41. The molecule has 2 saturated carbocycles. The number of alkyl halides is 3. The Bertz CT molecular complexity index is 1810. The monoisotopic (exact) mass is 648 g/mol. The van der Waals surface area contributed by atoms with Gasteiger partial charge in [0.25, 0.3) is 15.7 Å². The summed E-state index contributed by atoms with van der Waals surface area (Å²) in [4.78, 5) is 37.5. The van der Waals surface area contributed by atoms with Gasteiger partial charge in [-0.15, -0.1) is 0 Å². The summed E-state index contributed by atoms with van der Waals surface area (Å²) in [5.74, 6) is -4.15. The molecular weight excluding hydrogens is 620 g/mol. The molecule has 0 aliphatic heterocycles. The highest BCUT2D eigenvalue weighted by atomic mass is 32.2. The predicted molar refractivity (Wildman–Crippen MR) is 154 cm³/mol. The third-order valence-electron chi connectivity index (χ3n) is 8.54. The summed E-state index contributed by atoms with van der Waals surface area (Å²) in [6.07, 6.45) is 2.03. The van der Waals surface area contributed by atoms with Crippen LogP contribution in [-0.2, 0) is 14.6 Å². The number of halogens is 4. The van der Waals surface area contributed by atoms with Crippen LogP contribution in [0.2, 0.25) is 0 Å². The third-order valence-corrected chi connectivity index (χ3v) is 10.0. The second kappa shape index (κ2) is 11.8. The molecule has 3 aromatic carbocycles. The van der Waals surface area contributed by atoms with Crippen molar-refractivity contribution in [3.63, 3.8) is 0 Å². The van der Waals surface area contributed by atoms with Crippen molar-refractivity contribution in [1.29, 1.82) is 0 Å². The molecule has 3 N–H and O–H groups in total. The van der Waals surface area contributed by atoms with Crippen molar-refractivity contribution in [3.05, 3.63) is 77.1 Å². The Kier molecular flexibility index (Phi) is 8.38. The number of carbonyl (C=O) groups is 3. The number of carboxylic acids is 1. The summed E-state index contributed by atoms with van der Waals surface area (Å²) in [6, 6.07) is 9.77. The number of ether oxygens (including phenoxy) is 1. The molecule has 238 valence electrons. The molecule has 0 radical (unpaired) electrons. The van der Waals surface area contributed by atoms with E-state index in [2.05, 4.69) is 10.6 Å². The number of methoxy groups -OCH3 is 1. The third kappa shape index (κ3) is 5.98. The first-order valence-electron chi connectivity index (χ1n) is 13.9.